The zero-order valence-corrected chi connectivity index (χ0v) is 20.2. The number of hydrazine groups is 1. The Bertz CT molecular complexity index is 1150. The zero-order chi connectivity index (χ0) is 24.9. The summed E-state index contributed by atoms with van der Waals surface area (Å²) < 4.78 is 0. The van der Waals surface area contributed by atoms with E-state index in [9.17, 15) is 19.2 Å². The van der Waals surface area contributed by atoms with Crippen LogP contribution in [0.15, 0.2) is 54.6 Å². The van der Waals surface area contributed by atoms with E-state index < -0.39 is 23.8 Å². The summed E-state index contributed by atoms with van der Waals surface area (Å²) in [7, 11) is 0. The average Bonchev–Trinajstić information content (AvgIpc) is 3.10. The smallest absolute Gasteiger partial charge is 0.262 e. The summed E-state index contributed by atoms with van der Waals surface area (Å²) in [4.78, 5) is 53.6. The Morgan fingerprint density at radius 1 is 0.806 bits per heavy atom. The lowest BCUT2D eigenvalue weighted by Gasteiger charge is -2.56. The second-order valence-electron chi connectivity index (χ2n) is 11.4. The van der Waals surface area contributed by atoms with Crippen molar-refractivity contribution in [3.8, 4) is 0 Å². The minimum atomic E-state index is -1.08. The van der Waals surface area contributed by atoms with Crippen molar-refractivity contribution in [2.45, 2.75) is 57.4 Å². The third-order valence-electron chi connectivity index (χ3n) is 8.74. The molecule has 1 atom stereocenters. The van der Waals surface area contributed by atoms with Gasteiger partial charge in [0.15, 0.2) is 0 Å². The van der Waals surface area contributed by atoms with E-state index in [0.717, 1.165) is 47.5 Å². The summed E-state index contributed by atoms with van der Waals surface area (Å²) in [5.74, 6) is 0.449. The van der Waals surface area contributed by atoms with E-state index in [1.165, 1.54) is 19.3 Å². The quantitative estimate of drug-likeness (QED) is 0.482. The molecule has 1 heterocycles. The fraction of sp³-hybridized carbons (Fsp3) is 0.448. The summed E-state index contributed by atoms with van der Waals surface area (Å²) in [6, 6.07) is 14.8. The molecule has 2 N–H and O–H groups in total. The van der Waals surface area contributed by atoms with Crippen molar-refractivity contribution in [3.63, 3.8) is 0 Å². The minimum Gasteiger partial charge on any atom is -0.273 e. The monoisotopic (exact) mass is 485 g/mol. The Morgan fingerprint density at radius 3 is 1.89 bits per heavy atom. The highest BCUT2D eigenvalue weighted by molar-refractivity contribution is 6.22. The third-order valence-corrected chi connectivity index (χ3v) is 8.74. The van der Waals surface area contributed by atoms with Gasteiger partial charge >= 0.3 is 0 Å². The molecule has 2 aromatic carbocycles. The first-order valence-corrected chi connectivity index (χ1v) is 13.0. The van der Waals surface area contributed by atoms with Gasteiger partial charge in [-0.1, -0.05) is 42.5 Å². The van der Waals surface area contributed by atoms with Crippen molar-refractivity contribution in [2.75, 3.05) is 0 Å². The molecule has 4 aliphatic carbocycles. The van der Waals surface area contributed by atoms with Crippen molar-refractivity contribution >= 4 is 23.6 Å². The van der Waals surface area contributed by atoms with Gasteiger partial charge in [0, 0.05) is 12.8 Å². The molecule has 5 aliphatic rings. The molecule has 4 amide bonds. The Labute approximate surface area is 210 Å². The Kier molecular flexibility index (Phi) is 5.66. The van der Waals surface area contributed by atoms with Crippen LogP contribution in [-0.2, 0) is 16.0 Å². The van der Waals surface area contributed by atoms with Gasteiger partial charge in [0.2, 0.25) is 5.91 Å². The molecule has 7 heteroatoms. The normalized spacial score (nSPS) is 28.7. The molecule has 7 rings (SSSR count). The van der Waals surface area contributed by atoms with Crippen LogP contribution in [0.4, 0.5) is 0 Å². The second-order valence-corrected chi connectivity index (χ2v) is 11.4. The summed E-state index contributed by atoms with van der Waals surface area (Å²) in [6.07, 6.45) is 7.79. The van der Waals surface area contributed by atoms with Crippen molar-refractivity contribution in [2.24, 2.45) is 23.2 Å². The molecule has 2 aromatic rings. The molecule has 7 nitrogen and oxygen atoms in total. The number of benzene rings is 2. The summed E-state index contributed by atoms with van der Waals surface area (Å²) in [5, 5.41) is 0. The maximum absolute atomic E-state index is 13.4. The Balaban J connectivity index is 1.16. The van der Waals surface area contributed by atoms with Gasteiger partial charge in [0.1, 0.15) is 6.04 Å². The molecule has 0 spiro atoms. The number of rotatable bonds is 6. The number of fused-ring (bicyclic) bond motifs is 1. The highest BCUT2D eigenvalue weighted by Crippen LogP contribution is 2.61. The Morgan fingerprint density at radius 2 is 1.33 bits per heavy atom. The zero-order valence-electron chi connectivity index (χ0n) is 20.2. The lowest BCUT2D eigenvalue weighted by atomic mass is 9.49. The first kappa shape index (κ1) is 23.0. The number of nitrogens with zero attached hydrogens (tertiary/aromatic N) is 1. The van der Waals surface area contributed by atoms with Gasteiger partial charge in [-0.15, -0.1) is 0 Å². The van der Waals surface area contributed by atoms with Crippen LogP contribution >= 0.6 is 0 Å². The maximum atomic E-state index is 13.4. The van der Waals surface area contributed by atoms with E-state index in [2.05, 4.69) is 10.9 Å². The van der Waals surface area contributed by atoms with E-state index in [1.54, 1.807) is 24.3 Å². The van der Waals surface area contributed by atoms with Gasteiger partial charge < -0.3 is 0 Å². The minimum absolute atomic E-state index is 0.0511. The van der Waals surface area contributed by atoms with E-state index >= 15 is 0 Å². The number of carbonyl (C=O) groups is 4. The number of hydrogen-bond acceptors (Lipinski definition) is 4. The van der Waals surface area contributed by atoms with Crippen LogP contribution in [0.25, 0.3) is 0 Å². The fourth-order valence-corrected chi connectivity index (χ4v) is 7.74. The van der Waals surface area contributed by atoms with Crippen molar-refractivity contribution in [1.82, 2.24) is 15.8 Å². The fourth-order valence-electron chi connectivity index (χ4n) is 7.74. The van der Waals surface area contributed by atoms with Crippen LogP contribution in [0.5, 0.6) is 0 Å². The summed E-state index contributed by atoms with van der Waals surface area (Å²) in [6.45, 7) is 0. The van der Waals surface area contributed by atoms with Gasteiger partial charge in [-0.3, -0.25) is 34.9 Å². The summed E-state index contributed by atoms with van der Waals surface area (Å²) >= 11 is 0. The lowest BCUT2D eigenvalue weighted by molar-refractivity contribution is -0.135. The predicted molar refractivity (Wildman–Crippen MR) is 132 cm³/mol. The molecule has 0 aromatic heterocycles. The van der Waals surface area contributed by atoms with Crippen LogP contribution in [0, 0.1) is 23.2 Å². The molecule has 0 unspecified atom stereocenters. The molecular weight excluding hydrogens is 454 g/mol. The van der Waals surface area contributed by atoms with Crippen molar-refractivity contribution in [1.29, 1.82) is 0 Å². The summed E-state index contributed by atoms with van der Waals surface area (Å²) in [5.41, 5.74) is 6.60. The number of hydrogen-bond donors (Lipinski definition) is 2. The van der Waals surface area contributed by atoms with E-state index in [0.29, 0.717) is 17.5 Å². The molecule has 4 saturated carbocycles. The molecule has 4 fully saturated rings. The number of imide groups is 1. The highest BCUT2D eigenvalue weighted by atomic mass is 16.2. The molecule has 0 radical (unpaired) electrons. The van der Waals surface area contributed by atoms with Crippen LogP contribution in [0.1, 0.15) is 71.2 Å². The molecule has 0 saturated heterocycles. The number of nitrogens with one attached hydrogen (secondary N) is 2. The second kappa shape index (κ2) is 8.87. The lowest BCUT2D eigenvalue weighted by Crippen LogP contribution is -2.55. The van der Waals surface area contributed by atoms with Crippen LogP contribution in [0.3, 0.4) is 0 Å². The van der Waals surface area contributed by atoms with Crippen LogP contribution in [0.2, 0.25) is 0 Å². The van der Waals surface area contributed by atoms with Crippen molar-refractivity contribution < 1.29 is 19.2 Å². The van der Waals surface area contributed by atoms with Gasteiger partial charge in [-0.25, -0.2) is 0 Å². The van der Waals surface area contributed by atoms with Gasteiger partial charge in [-0.2, -0.15) is 0 Å². The largest absolute Gasteiger partial charge is 0.273 e. The topological polar surface area (TPSA) is 95.6 Å². The van der Waals surface area contributed by atoms with Crippen LogP contribution < -0.4 is 10.9 Å². The SMILES string of the molecule is O=C(CC12CC3CC(CC(C3)C1)C2)NNC(=O)[C@H](Cc1ccccc1)N1C(=O)c2ccccc2C1=O. The molecule has 1 aliphatic heterocycles. The molecule has 4 bridgehead atoms. The number of carbonyl (C=O) groups excluding carboxylic acids is 4. The Hall–Kier alpha value is -3.48. The molecule has 36 heavy (non-hydrogen) atoms. The molecular formula is C29H31N3O4. The predicted octanol–water partition coefficient (Wildman–Crippen LogP) is 3.65. The van der Waals surface area contributed by atoms with Crippen molar-refractivity contribution in [3.05, 3.63) is 71.3 Å². The number of amides is 4. The van der Waals surface area contributed by atoms with E-state index in [1.807, 2.05) is 30.3 Å². The standard InChI is InChI=1S/C29H31N3O4/c33-25(17-29-14-19-10-20(15-29)12-21(11-19)16-29)30-31-26(34)24(13-18-6-2-1-3-7-18)32-27(35)22-8-4-5-9-23(22)28(32)36/h1-9,19-21,24H,10-17H2,(H,30,33)(H,31,34)/t19?,20?,21?,24-,29?/m0/s1. The third kappa shape index (κ3) is 4.10. The van der Waals surface area contributed by atoms with Crippen LogP contribution in [-0.4, -0.2) is 34.6 Å². The highest BCUT2D eigenvalue weighted by Gasteiger charge is 2.51. The first-order chi connectivity index (χ1) is 17.4. The van der Waals surface area contributed by atoms with E-state index in [4.69, 9.17) is 0 Å². The van der Waals surface area contributed by atoms with Gasteiger partial charge in [0.25, 0.3) is 17.7 Å². The average molecular weight is 486 g/mol. The molecule has 186 valence electrons. The van der Waals surface area contributed by atoms with Gasteiger partial charge in [-0.05, 0) is 79.4 Å². The van der Waals surface area contributed by atoms with E-state index in [-0.39, 0.29) is 17.7 Å². The van der Waals surface area contributed by atoms with Gasteiger partial charge in [0.05, 0.1) is 11.1 Å². The first-order valence-electron chi connectivity index (χ1n) is 13.0. The maximum Gasteiger partial charge on any atom is 0.262 e.